The second kappa shape index (κ2) is 7.68. The number of fused-ring (bicyclic) bond motifs is 1. The van der Waals surface area contributed by atoms with Crippen LogP contribution in [0.5, 0.6) is 5.75 Å². The Labute approximate surface area is 165 Å². The minimum absolute atomic E-state index is 0.152. The summed E-state index contributed by atoms with van der Waals surface area (Å²) in [5.41, 5.74) is 5.69. The Kier molecular flexibility index (Phi) is 5.09. The number of benzene rings is 2. The summed E-state index contributed by atoms with van der Waals surface area (Å²) in [6, 6.07) is 12.3. The van der Waals surface area contributed by atoms with Gasteiger partial charge >= 0.3 is 0 Å². The molecule has 1 aromatic heterocycles. The molecular weight excluding hydrogens is 350 g/mol. The summed E-state index contributed by atoms with van der Waals surface area (Å²) in [6.07, 6.45) is 1.82. The summed E-state index contributed by atoms with van der Waals surface area (Å²) < 4.78 is 5.31. The molecule has 0 atom stereocenters. The number of H-pyrrole nitrogens is 1. The number of piperazine rings is 1. The molecule has 1 aliphatic rings. The molecule has 28 heavy (non-hydrogen) atoms. The van der Waals surface area contributed by atoms with Crippen molar-refractivity contribution in [1.29, 1.82) is 0 Å². The van der Waals surface area contributed by atoms with E-state index in [0.717, 1.165) is 48.4 Å². The lowest BCUT2D eigenvalue weighted by molar-refractivity contribution is 0.0928. The topological polar surface area (TPSA) is 48.6 Å². The molecule has 0 aliphatic carbocycles. The van der Waals surface area contributed by atoms with Gasteiger partial charge in [-0.2, -0.15) is 0 Å². The quantitative estimate of drug-likeness (QED) is 0.687. The molecule has 1 saturated heterocycles. The average Bonchev–Trinajstić information content (AvgIpc) is 3.14. The first-order valence-electron chi connectivity index (χ1n) is 9.78. The van der Waals surface area contributed by atoms with E-state index < -0.39 is 0 Å². The van der Waals surface area contributed by atoms with Crippen LogP contribution in [0.4, 0.5) is 5.69 Å². The van der Waals surface area contributed by atoms with Gasteiger partial charge in [-0.05, 0) is 49.2 Å². The molecule has 2 heterocycles. The minimum Gasteiger partial charge on any atom is -0.497 e. The summed E-state index contributed by atoms with van der Waals surface area (Å²) in [5.74, 6) is 0.919. The van der Waals surface area contributed by atoms with E-state index in [-0.39, 0.29) is 5.78 Å². The van der Waals surface area contributed by atoms with Crippen molar-refractivity contribution in [3.8, 4) is 5.75 Å². The van der Waals surface area contributed by atoms with Gasteiger partial charge in [0, 0.05) is 54.5 Å². The first-order valence-corrected chi connectivity index (χ1v) is 9.78. The van der Waals surface area contributed by atoms with Crippen LogP contribution < -0.4 is 9.64 Å². The Balaban J connectivity index is 1.42. The highest BCUT2D eigenvalue weighted by molar-refractivity contribution is 6.09. The molecule has 2 aromatic carbocycles. The Morgan fingerprint density at radius 2 is 1.89 bits per heavy atom. The Hall–Kier alpha value is -2.79. The van der Waals surface area contributed by atoms with Crippen molar-refractivity contribution in [3.05, 3.63) is 59.3 Å². The molecule has 1 aliphatic heterocycles. The summed E-state index contributed by atoms with van der Waals surface area (Å²) >= 11 is 0. The largest absolute Gasteiger partial charge is 0.497 e. The van der Waals surface area contributed by atoms with Crippen LogP contribution in [0.3, 0.4) is 0 Å². The maximum Gasteiger partial charge on any atom is 0.178 e. The first kappa shape index (κ1) is 18.6. The number of hydrogen-bond acceptors (Lipinski definition) is 4. The number of aryl methyl sites for hydroxylation is 1. The molecule has 0 amide bonds. The number of hydrogen-bond donors (Lipinski definition) is 1. The molecule has 1 N–H and O–H groups in total. The molecule has 3 aromatic rings. The minimum atomic E-state index is 0.152. The number of Topliss-reactive ketones (excluding diaryl/α,β-unsaturated/α-hetero) is 1. The molecule has 146 valence electrons. The number of anilines is 1. The van der Waals surface area contributed by atoms with E-state index in [2.05, 4.69) is 46.8 Å². The van der Waals surface area contributed by atoms with Crippen molar-refractivity contribution in [1.82, 2.24) is 9.88 Å². The van der Waals surface area contributed by atoms with Crippen LogP contribution in [-0.2, 0) is 0 Å². The SMILES string of the molecule is COc1ccc2[nH]cc(C(=O)CN3CCN(c4cccc(C)c4C)CC3)c2c1. The van der Waals surface area contributed by atoms with E-state index in [1.165, 1.54) is 16.8 Å². The van der Waals surface area contributed by atoms with Gasteiger partial charge < -0.3 is 14.6 Å². The fourth-order valence-corrected chi connectivity index (χ4v) is 3.97. The zero-order chi connectivity index (χ0) is 19.7. The van der Waals surface area contributed by atoms with E-state index >= 15 is 0 Å². The summed E-state index contributed by atoms with van der Waals surface area (Å²) in [6.45, 7) is 8.47. The lowest BCUT2D eigenvalue weighted by Crippen LogP contribution is -2.48. The molecule has 0 bridgehead atoms. The number of nitrogens with zero attached hydrogens (tertiary/aromatic N) is 2. The highest BCUT2D eigenvalue weighted by Gasteiger charge is 2.22. The van der Waals surface area contributed by atoms with Crippen molar-refractivity contribution >= 4 is 22.4 Å². The van der Waals surface area contributed by atoms with Gasteiger partial charge in [0.15, 0.2) is 5.78 Å². The van der Waals surface area contributed by atoms with Crippen LogP contribution in [-0.4, -0.2) is 55.5 Å². The highest BCUT2D eigenvalue weighted by atomic mass is 16.5. The molecular formula is C23H27N3O2. The van der Waals surface area contributed by atoms with Gasteiger partial charge in [-0.3, -0.25) is 9.69 Å². The monoisotopic (exact) mass is 377 g/mol. The standard InChI is InChI=1S/C23H27N3O2/c1-16-5-4-6-22(17(16)2)26-11-9-25(10-12-26)15-23(27)20-14-24-21-8-7-18(28-3)13-19(20)21/h4-8,13-14,24H,9-12,15H2,1-3H3. The number of methoxy groups -OCH3 is 1. The fraction of sp³-hybridized carbons (Fsp3) is 0.348. The van der Waals surface area contributed by atoms with Crippen LogP contribution in [0.1, 0.15) is 21.5 Å². The van der Waals surface area contributed by atoms with Gasteiger partial charge in [0.1, 0.15) is 5.75 Å². The molecule has 4 rings (SSSR count). The normalized spacial score (nSPS) is 15.2. The number of carbonyl (C=O) groups is 1. The number of carbonyl (C=O) groups excluding carboxylic acids is 1. The molecule has 5 nitrogen and oxygen atoms in total. The van der Waals surface area contributed by atoms with Crippen LogP contribution in [0.25, 0.3) is 10.9 Å². The summed E-state index contributed by atoms with van der Waals surface area (Å²) in [5, 5.41) is 0.929. The Morgan fingerprint density at radius 1 is 1.11 bits per heavy atom. The van der Waals surface area contributed by atoms with Crippen molar-refractivity contribution in [2.45, 2.75) is 13.8 Å². The third kappa shape index (κ3) is 3.50. The number of ether oxygens (including phenoxy) is 1. The van der Waals surface area contributed by atoms with E-state index in [1.54, 1.807) is 7.11 Å². The number of aromatic nitrogens is 1. The van der Waals surface area contributed by atoms with Gasteiger partial charge in [0.2, 0.25) is 0 Å². The van der Waals surface area contributed by atoms with Gasteiger partial charge in [-0.1, -0.05) is 12.1 Å². The van der Waals surface area contributed by atoms with E-state index in [1.807, 2.05) is 24.4 Å². The van der Waals surface area contributed by atoms with Crippen molar-refractivity contribution in [3.63, 3.8) is 0 Å². The lowest BCUT2D eigenvalue weighted by atomic mass is 10.1. The summed E-state index contributed by atoms with van der Waals surface area (Å²) in [7, 11) is 1.64. The van der Waals surface area contributed by atoms with Gasteiger partial charge in [-0.25, -0.2) is 0 Å². The zero-order valence-electron chi connectivity index (χ0n) is 16.8. The summed E-state index contributed by atoms with van der Waals surface area (Å²) in [4.78, 5) is 20.8. The second-order valence-electron chi connectivity index (χ2n) is 7.52. The van der Waals surface area contributed by atoms with E-state index in [4.69, 9.17) is 4.74 Å². The van der Waals surface area contributed by atoms with Crippen molar-refractivity contribution in [2.24, 2.45) is 0 Å². The molecule has 0 saturated carbocycles. The molecule has 0 spiro atoms. The first-order chi connectivity index (χ1) is 13.6. The predicted molar refractivity (Wildman–Crippen MR) is 114 cm³/mol. The van der Waals surface area contributed by atoms with E-state index in [9.17, 15) is 4.79 Å². The van der Waals surface area contributed by atoms with Gasteiger partial charge in [0.25, 0.3) is 0 Å². The third-order valence-corrected chi connectivity index (χ3v) is 5.85. The number of nitrogens with one attached hydrogen (secondary N) is 1. The maximum atomic E-state index is 12.9. The zero-order valence-corrected chi connectivity index (χ0v) is 16.8. The Bertz CT molecular complexity index is 1000. The van der Waals surface area contributed by atoms with Gasteiger partial charge in [-0.15, -0.1) is 0 Å². The molecule has 5 heteroatoms. The average molecular weight is 377 g/mol. The van der Waals surface area contributed by atoms with Crippen molar-refractivity contribution in [2.75, 3.05) is 44.7 Å². The van der Waals surface area contributed by atoms with Gasteiger partial charge in [0.05, 0.1) is 13.7 Å². The third-order valence-electron chi connectivity index (χ3n) is 5.85. The van der Waals surface area contributed by atoms with Crippen LogP contribution in [0.15, 0.2) is 42.6 Å². The fourth-order valence-electron chi connectivity index (χ4n) is 3.97. The molecule has 1 fully saturated rings. The number of ketones is 1. The predicted octanol–water partition coefficient (Wildman–Crippen LogP) is 3.80. The molecule has 0 unspecified atom stereocenters. The van der Waals surface area contributed by atoms with E-state index in [0.29, 0.717) is 6.54 Å². The number of aromatic amines is 1. The van der Waals surface area contributed by atoms with Crippen LogP contribution in [0, 0.1) is 13.8 Å². The number of rotatable bonds is 5. The van der Waals surface area contributed by atoms with Crippen LogP contribution in [0.2, 0.25) is 0 Å². The highest BCUT2D eigenvalue weighted by Crippen LogP contribution is 2.26. The second-order valence-corrected chi connectivity index (χ2v) is 7.52. The lowest BCUT2D eigenvalue weighted by Gasteiger charge is -2.36. The molecule has 0 radical (unpaired) electrons. The smallest absolute Gasteiger partial charge is 0.178 e. The maximum absolute atomic E-state index is 12.9. The van der Waals surface area contributed by atoms with Crippen LogP contribution >= 0.6 is 0 Å². The Morgan fingerprint density at radius 3 is 2.64 bits per heavy atom. The van der Waals surface area contributed by atoms with Crippen molar-refractivity contribution < 1.29 is 9.53 Å².